The summed E-state index contributed by atoms with van der Waals surface area (Å²) < 4.78 is 8.03. The maximum absolute atomic E-state index is 12.2. The van der Waals surface area contributed by atoms with Gasteiger partial charge < -0.3 is 14.6 Å². The summed E-state index contributed by atoms with van der Waals surface area (Å²) in [4.78, 5) is 12.2. The van der Waals surface area contributed by atoms with Crippen LogP contribution in [0, 0.1) is 0 Å². The van der Waals surface area contributed by atoms with Crippen LogP contribution in [0.1, 0.15) is 12.7 Å². The number of ether oxygens (including phenoxy) is 1. The average Bonchev–Trinajstić information content (AvgIpc) is 3.18. The number of anilines is 1. The van der Waals surface area contributed by atoms with Crippen molar-refractivity contribution in [2.75, 3.05) is 11.1 Å². The minimum Gasteiger partial charge on any atom is -0.485 e. The molecular weight excluding hydrogens is 396 g/mol. The summed E-state index contributed by atoms with van der Waals surface area (Å²) in [6, 6.07) is 23.5. The highest BCUT2D eigenvalue weighted by Gasteiger charge is 2.14. The number of aromatic nitrogens is 3. The molecule has 7 heteroatoms. The molecule has 0 saturated heterocycles. The van der Waals surface area contributed by atoms with Crippen LogP contribution in [-0.2, 0) is 17.9 Å². The normalized spacial score (nSPS) is 10.8. The number of para-hydroxylation sites is 1. The van der Waals surface area contributed by atoms with Crippen molar-refractivity contribution in [1.82, 2.24) is 14.8 Å². The molecule has 6 nitrogen and oxygen atoms in total. The summed E-state index contributed by atoms with van der Waals surface area (Å²) in [6.45, 7) is 3.04. The number of thioether (sulfide) groups is 1. The van der Waals surface area contributed by atoms with E-state index in [0.717, 1.165) is 28.0 Å². The lowest BCUT2D eigenvalue weighted by Crippen LogP contribution is -2.14. The quantitative estimate of drug-likeness (QED) is 0.418. The maximum atomic E-state index is 12.2. The van der Waals surface area contributed by atoms with E-state index in [-0.39, 0.29) is 11.7 Å². The Morgan fingerprint density at radius 1 is 1.00 bits per heavy atom. The number of carbonyl (C=O) groups is 1. The minimum atomic E-state index is -0.0783. The summed E-state index contributed by atoms with van der Waals surface area (Å²) >= 11 is 1.37. The fourth-order valence-corrected chi connectivity index (χ4v) is 3.98. The van der Waals surface area contributed by atoms with E-state index >= 15 is 0 Å². The molecule has 0 bridgehead atoms. The van der Waals surface area contributed by atoms with E-state index < -0.39 is 0 Å². The Morgan fingerprint density at radius 2 is 1.77 bits per heavy atom. The second-order valence-corrected chi connectivity index (χ2v) is 7.55. The number of carbonyl (C=O) groups excluding carboxylic acids is 1. The van der Waals surface area contributed by atoms with Gasteiger partial charge in [-0.15, -0.1) is 10.2 Å². The number of hydrogen-bond acceptors (Lipinski definition) is 5. The van der Waals surface area contributed by atoms with E-state index in [1.807, 2.05) is 72.2 Å². The lowest BCUT2D eigenvalue weighted by atomic mass is 10.1. The number of fused-ring (bicyclic) bond motifs is 1. The van der Waals surface area contributed by atoms with Gasteiger partial charge in [0.1, 0.15) is 12.4 Å². The predicted molar refractivity (Wildman–Crippen MR) is 120 cm³/mol. The van der Waals surface area contributed by atoms with Gasteiger partial charge in [0.2, 0.25) is 5.91 Å². The predicted octanol–water partition coefficient (Wildman–Crippen LogP) is 4.76. The van der Waals surface area contributed by atoms with Gasteiger partial charge in [0.15, 0.2) is 11.0 Å². The van der Waals surface area contributed by atoms with Crippen molar-refractivity contribution in [3.63, 3.8) is 0 Å². The maximum Gasteiger partial charge on any atom is 0.234 e. The van der Waals surface area contributed by atoms with Gasteiger partial charge in [-0.25, -0.2) is 0 Å². The number of benzene rings is 3. The lowest BCUT2D eigenvalue weighted by molar-refractivity contribution is -0.113. The standard InChI is InChI=1S/C23H22N4O2S/c1-2-27-21(15-29-20-14-8-10-17-9-6-7-13-19(17)20)25-26-23(27)30-16-22(28)24-18-11-4-3-5-12-18/h3-14H,2,15-16H2,1H3,(H,24,28). The Morgan fingerprint density at radius 3 is 2.60 bits per heavy atom. The Bertz CT molecular complexity index is 1140. The fraction of sp³-hybridized carbons (Fsp3) is 0.174. The molecule has 0 aliphatic rings. The van der Waals surface area contributed by atoms with Crippen LogP contribution in [0.5, 0.6) is 5.75 Å². The van der Waals surface area contributed by atoms with E-state index in [9.17, 15) is 4.79 Å². The third-order valence-electron chi connectivity index (χ3n) is 4.61. The molecule has 152 valence electrons. The molecule has 4 aromatic rings. The number of amides is 1. The monoisotopic (exact) mass is 418 g/mol. The van der Waals surface area contributed by atoms with E-state index in [4.69, 9.17) is 4.74 Å². The third kappa shape index (κ3) is 4.63. The topological polar surface area (TPSA) is 69.0 Å². The smallest absolute Gasteiger partial charge is 0.234 e. The molecule has 1 amide bonds. The van der Waals surface area contributed by atoms with Crippen molar-refractivity contribution in [2.24, 2.45) is 0 Å². The number of nitrogens with zero attached hydrogens (tertiary/aromatic N) is 3. The molecule has 1 heterocycles. The van der Waals surface area contributed by atoms with E-state index in [0.29, 0.717) is 18.3 Å². The SMILES string of the molecule is CCn1c(COc2cccc3ccccc23)nnc1SCC(=O)Nc1ccccc1. The van der Waals surface area contributed by atoms with Gasteiger partial charge in [0.25, 0.3) is 0 Å². The van der Waals surface area contributed by atoms with Crippen molar-refractivity contribution >= 4 is 34.1 Å². The van der Waals surface area contributed by atoms with Crippen molar-refractivity contribution in [2.45, 2.75) is 25.2 Å². The number of nitrogens with one attached hydrogen (secondary N) is 1. The van der Waals surface area contributed by atoms with E-state index in [1.54, 1.807) is 0 Å². The highest BCUT2D eigenvalue weighted by atomic mass is 32.2. The van der Waals surface area contributed by atoms with Crippen LogP contribution in [0.2, 0.25) is 0 Å². The molecule has 4 rings (SSSR count). The highest BCUT2D eigenvalue weighted by Crippen LogP contribution is 2.26. The van der Waals surface area contributed by atoms with Gasteiger partial charge >= 0.3 is 0 Å². The summed E-state index contributed by atoms with van der Waals surface area (Å²) in [5.74, 6) is 1.73. The van der Waals surface area contributed by atoms with Crippen molar-refractivity contribution < 1.29 is 9.53 Å². The molecule has 0 radical (unpaired) electrons. The Balaban J connectivity index is 1.40. The molecule has 0 fully saturated rings. The van der Waals surface area contributed by atoms with Gasteiger partial charge in [-0.1, -0.05) is 66.4 Å². The first-order chi connectivity index (χ1) is 14.7. The first-order valence-corrected chi connectivity index (χ1v) is 10.7. The summed E-state index contributed by atoms with van der Waals surface area (Å²) in [5.41, 5.74) is 0.782. The summed E-state index contributed by atoms with van der Waals surface area (Å²) in [6.07, 6.45) is 0. The minimum absolute atomic E-state index is 0.0783. The van der Waals surface area contributed by atoms with Crippen LogP contribution in [0.25, 0.3) is 10.8 Å². The van der Waals surface area contributed by atoms with Gasteiger partial charge in [-0.2, -0.15) is 0 Å². The van der Waals surface area contributed by atoms with Crippen LogP contribution in [0.3, 0.4) is 0 Å². The Labute approximate surface area is 179 Å². The van der Waals surface area contributed by atoms with Gasteiger partial charge in [-0.05, 0) is 30.5 Å². The van der Waals surface area contributed by atoms with Crippen molar-refractivity contribution in [1.29, 1.82) is 0 Å². The van der Waals surface area contributed by atoms with Crippen molar-refractivity contribution in [3.05, 3.63) is 78.6 Å². The zero-order chi connectivity index (χ0) is 20.8. The molecule has 0 aliphatic carbocycles. The zero-order valence-corrected chi connectivity index (χ0v) is 17.4. The first kappa shape index (κ1) is 20.0. The molecule has 0 saturated carbocycles. The lowest BCUT2D eigenvalue weighted by Gasteiger charge is -2.11. The molecule has 30 heavy (non-hydrogen) atoms. The zero-order valence-electron chi connectivity index (χ0n) is 16.6. The van der Waals surface area contributed by atoms with E-state index in [2.05, 4.69) is 27.6 Å². The van der Waals surface area contributed by atoms with Gasteiger partial charge in [0, 0.05) is 17.6 Å². The first-order valence-electron chi connectivity index (χ1n) is 9.75. The molecule has 0 atom stereocenters. The van der Waals surface area contributed by atoms with Gasteiger partial charge in [0.05, 0.1) is 5.75 Å². The van der Waals surface area contributed by atoms with Crippen LogP contribution in [-0.4, -0.2) is 26.4 Å². The summed E-state index contributed by atoms with van der Waals surface area (Å²) in [7, 11) is 0. The number of hydrogen-bond donors (Lipinski definition) is 1. The van der Waals surface area contributed by atoms with Crippen LogP contribution in [0.4, 0.5) is 5.69 Å². The second kappa shape index (κ2) is 9.45. The number of rotatable bonds is 8. The van der Waals surface area contributed by atoms with Crippen LogP contribution >= 0.6 is 11.8 Å². The Kier molecular flexibility index (Phi) is 6.29. The highest BCUT2D eigenvalue weighted by molar-refractivity contribution is 7.99. The largest absolute Gasteiger partial charge is 0.485 e. The van der Waals surface area contributed by atoms with Crippen LogP contribution in [0.15, 0.2) is 78.0 Å². The molecule has 0 spiro atoms. The molecular formula is C23H22N4O2S. The molecule has 1 aromatic heterocycles. The third-order valence-corrected chi connectivity index (χ3v) is 5.57. The molecule has 1 N–H and O–H groups in total. The fourth-order valence-electron chi connectivity index (χ4n) is 3.16. The van der Waals surface area contributed by atoms with E-state index in [1.165, 1.54) is 11.8 Å². The molecule has 3 aromatic carbocycles. The van der Waals surface area contributed by atoms with Gasteiger partial charge in [-0.3, -0.25) is 4.79 Å². The average molecular weight is 419 g/mol. The summed E-state index contributed by atoms with van der Waals surface area (Å²) in [5, 5.41) is 14.3. The Hall–Kier alpha value is -3.32. The molecule has 0 aliphatic heterocycles. The second-order valence-electron chi connectivity index (χ2n) is 6.61. The van der Waals surface area contributed by atoms with Crippen molar-refractivity contribution in [3.8, 4) is 5.75 Å². The van der Waals surface area contributed by atoms with Crippen LogP contribution < -0.4 is 10.1 Å². The molecule has 0 unspecified atom stereocenters.